The first kappa shape index (κ1) is 15.6. The molecular weight excluding hydrogens is 287 g/mol. The number of benzene rings is 1. The SMILES string of the molecule is CN1CCC(Oc2ccc(C(F)(F)F)cc2C(=O)O)CC1. The van der Waals surface area contributed by atoms with E-state index in [2.05, 4.69) is 4.90 Å². The maximum atomic E-state index is 12.6. The summed E-state index contributed by atoms with van der Waals surface area (Å²) in [6.45, 7) is 1.63. The molecule has 0 aromatic heterocycles. The molecule has 0 saturated carbocycles. The Morgan fingerprint density at radius 3 is 2.48 bits per heavy atom. The molecule has 0 atom stereocenters. The number of hydrogen-bond donors (Lipinski definition) is 1. The normalized spacial score (nSPS) is 17.7. The molecule has 1 heterocycles. The third-order valence-electron chi connectivity index (χ3n) is 3.50. The number of hydrogen-bond acceptors (Lipinski definition) is 3. The van der Waals surface area contributed by atoms with Crippen LogP contribution in [-0.2, 0) is 6.18 Å². The topological polar surface area (TPSA) is 49.8 Å². The van der Waals surface area contributed by atoms with Crippen LogP contribution in [0.2, 0.25) is 0 Å². The lowest BCUT2D eigenvalue weighted by molar-refractivity contribution is -0.137. The predicted octanol–water partition coefficient (Wildman–Crippen LogP) is 2.88. The maximum Gasteiger partial charge on any atom is 0.416 e. The zero-order valence-corrected chi connectivity index (χ0v) is 11.5. The van der Waals surface area contributed by atoms with Crippen LogP contribution in [-0.4, -0.2) is 42.2 Å². The molecule has 116 valence electrons. The third-order valence-corrected chi connectivity index (χ3v) is 3.50. The van der Waals surface area contributed by atoms with Crippen molar-refractivity contribution in [1.29, 1.82) is 0 Å². The predicted molar refractivity (Wildman–Crippen MR) is 69.6 cm³/mol. The van der Waals surface area contributed by atoms with Crippen LogP contribution in [0.4, 0.5) is 13.2 Å². The van der Waals surface area contributed by atoms with Crippen LogP contribution >= 0.6 is 0 Å². The lowest BCUT2D eigenvalue weighted by Gasteiger charge is -2.29. The molecular formula is C14H16F3NO3. The van der Waals surface area contributed by atoms with E-state index in [0.29, 0.717) is 6.07 Å². The molecule has 1 aromatic carbocycles. The first-order valence-electron chi connectivity index (χ1n) is 6.57. The molecule has 0 unspecified atom stereocenters. The van der Waals surface area contributed by atoms with Gasteiger partial charge in [-0.2, -0.15) is 13.2 Å². The summed E-state index contributed by atoms with van der Waals surface area (Å²) in [6, 6.07) is 2.55. The first-order valence-corrected chi connectivity index (χ1v) is 6.57. The average Bonchev–Trinajstić information content (AvgIpc) is 2.40. The van der Waals surface area contributed by atoms with Gasteiger partial charge in [0, 0.05) is 13.1 Å². The summed E-state index contributed by atoms with van der Waals surface area (Å²) in [7, 11) is 1.97. The Morgan fingerprint density at radius 1 is 1.33 bits per heavy atom. The first-order chi connectivity index (χ1) is 9.77. The van der Waals surface area contributed by atoms with Gasteiger partial charge in [0.15, 0.2) is 0 Å². The standard InChI is InChI=1S/C14H16F3NO3/c1-18-6-4-10(5-7-18)21-12-3-2-9(14(15,16)17)8-11(12)13(19)20/h2-3,8,10H,4-7H2,1H3,(H,19,20). The minimum absolute atomic E-state index is 0.00921. The highest BCUT2D eigenvalue weighted by molar-refractivity contribution is 5.91. The Kier molecular flexibility index (Phi) is 4.41. The molecule has 21 heavy (non-hydrogen) atoms. The van der Waals surface area contributed by atoms with E-state index in [-0.39, 0.29) is 11.9 Å². The van der Waals surface area contributed by atoms with Crippen molar-refractivity contribution in [3.8, 4) is 5.75 Å². The van der Waals surface area contributed by atoms with Gasteiger partial charge in [-0.1, -0.05) is 0 Å². The Morgan fingerprint density at radius 2 is 1.95 bits per heavy atom. The van der Waals surface area contributed by atoms with Crippen molar-refractivity contribution >= 4 is 5.97 Å². The van der Waals surface area contributed by atoms with Crippen LogP contribution in [0.1, 0.15) is 28.8 Å². The molecule has 1 aliphatic rings. The molecule has 0 amide bonds. The van der Waals surface area contributed by atoms with Crippen molar-refractivity contribution < 1.29 is 27.8 Å². The number of ether oxygens (including phenoxy) is 1. The summed E-state index contributed by atoms with van der Waals surface area (Å²) < 4.78 is 43.5. The molecule has 1 aliphatic heterocycles. The van der Waals surface area contributed by atoms with E-state index in [1.807, 2.05) is 7.05 Å². The summed E-state index contributed by atoms with van der Waals surface area (Å²) in [4.78, 5) is 13.3. The van der Waals surface area contributed by atoms with Gasteiger partial charge >= 0.3 is 12.1 Å². The van der Waals surface area contributed by atoms with Crippen LogP contribution in [0, 0.1) is 0 Å². The molecule has 0 spiro atoms. The Balaban J connectivity index is 2.21. The zero-order chi connectivity index (χ0) is 15.6. The third kappa shape index (κ3) is 3.87. The molecule has 2 rings (SSSR count). The second kappa shape index (κ2) is 5.93. The Hall–Kier alpha value is -1.76. The smallest absolute Gasteiger partial charge is 0.416 e. The lowest BCUT2D eigenvalue weighted by Crippen LogP contribution is -2.35. The number of rotatable bonds is 3. The average molecular weight is 303 g/mol. The minimum atomic E-state index is -4.57. The molecule has 4 nitrogen and oxygen atoms in total. The molecule has 1 N–H and O–H groups in total. The lowest BCUT2D eigenvalue weighted by atomic mass is 10.1. The monoisotopic (exact) mass is 303 g/mol. The summed E-state index contributed by atoms with van der Waals surface area (Å²) in [5.41, 5.74) is -1.45. The van der Waals surface area contributed by atoms with Crippen molar-refractivity contribution in [1.82, 2.24) is 4.90 Å². The molecule has 0 radical (unpaired) electrons. The quantitative estimate of drug-likeness (QED) is 0.933. The molecule has 0 bridgehead atoms. The van der Waals surface area contributed by atoms with Crippen LogP contribution in [0.3, 0.4) is 0 Å². The van der Waals surface area contributed by atoms with E-state index in [9.17, 15) is 18.0 Å². The Labute approximate surface area is 120 Å². The number of carbonyl (C=O) groups is 1. The highest BCUT2D eigenvalue weighted by atomic mass is 19.4. The van der Waals surface area contributed by atoms with Crippen LogP contribution in [0.25, 0.3) is 0 Å². The van der Waals surface area contributed by atoms with Crippen LogP contribution in [0.5, 0.6) is 5.75 Å². The molecule has 0 aliphatic carbocycles. The Bertz CT molecular complexity index is 523. The maximum absolute atomic E-state index is 12.6. The minimum Gasteiger partial charge on any atom is -0.489 e. The fourth-order valence-electron chi connectivity index (χ4n) is 2.26. The zero-order valence-electron chi connectivity index (χ0n) is 11.5. The van der Waals surface area contributed by atoms with Gasteiger partial charge in [0.05, 0.1) is 5.56 Å². The summed E-state index contributed by atoms with van der Waals surface area (Å²) >= 11 is 0. The highest BCUT2D eigenvalue weighted by Crippen LogP contribution is 2.33. The van der Waals surface area contributed by atoms with Gasteiger partial charge in [0.25, 0.3) is 0 Å². The summed E-state index contributed by atoms with van der Waals surface area (Å²) in [6.07, 6.45) is -3.31. The fraction of sp³-hybridized carbons (Fsp3) is 0.500. The van der Waals surface area contributed by atoms with E-state index >= 15 is 0 Å². The molecule has 1 saturated heterocycles. The van der Waals surface area contributed by atoms with E-state index in [1.54, 1.807) is 0 Å². The van der Waals surface area contributed by atoms with Gasteiger partial charge < -0.3 is 14.7 Å². The van der Waals surface area contributed by atoms with E-state index in [4.69, 9.17) is 9.84 Å². The van der Waals surface area contributed by atoms with Crippen LogP contribution < -0.4 is 4.74 Å². The number of nitrogens with zero attached hydrogens (tertiary/aromatic N) is 1. The number of likely N-dealkylation sites (tertiary alicyclic amines) is 1. The number of aromatic carboxylic acids is 1. The number of piperidine rings is 1. The summed E-state index contributed by atoms with van der Waals surface area (Å²) in [5.74, 6) is -1.44. The second-order valence-corrected chi connectivity index (χ2v) is 5.13. The van der Waals surface area contributed by atoms with Crippen molar-refractivity contribution in [2.45, 2.75) is 25.1 Å². The van der Waals surface area contributed by atoms with Gasteiger partial charge in [-0.25, -0.2) is 4.79 Å². The van der Waals surface area contributed by atoms with Crippen LogP contribution in [0.15, 0.2) is 18.2 Å². The molecule has 7 heteroatoms. The summed E-state index contributed by atoms with van der Waals surface area (Å²) in [5, 5.41) is 9.07. The fourth-order valence-corrected chi connectivity index (χ4v) is 2.26. The number of halogens is 3. The van der Waals surface area contributed by atoms with Gasteiger partial charge in [0.1, 0.15) is 17.4 Å². The van der Waals surface area contributed by atoms with Crippen molar-refractivity contribution in [3.63, 3.8) is 0 Å². The second-order valence-electron chi connectivity index (χ2n) is 5.13. The number of alkyl halides is 3. The number of carboxylic acids is 1. The molecule has 1 fully saturated rings. The largest absolute Gasteiger partial charge is 0.489 e. The van der Waals surface area contributed by atoms with Gasteiger partial charge in [-0.3, -0.25) is 0 Å². The van der Waals surface area contributed by atoms with E-state index in [1.165, 1.54) is 0 Å². The van der Waals surface area contributed by atoms with E-state index in [0.717, 1.165) is 38.1 Å². The highest BCUT2D eigenvalue weighted by Gasteiger charge is 2.32. The van der Waals surface area contributed by atoms with Gasteiger partial charge in [-0.05, 0) is 38.1 Å². The van der Waals surface area contributed by atoms with Gasteiger partial charge in [0.2, 0.25) is 0 Å². The van der Waals surface area contributed by atoms with Crippen molar-refractivity contribution in [2.75, 3.05) is 20.1 Å². The van der Waals surface area contributed by atoms with Gasteiger partial charge in [-0.15, -0.1) is 0 Å². The molecule has 1 aromatic rings. The van der Waals surface area contributed by atoms with E-state index < -0.39 is 23.3 Å². The van der Waals surface area contributed by atoms with Crippen molar-refractivity contribution in [2.24, 2.45) is 0 Å². The number of carboxylic acid groups (broad SMARTS) is 1. The van der Waals surface area contributed by atoms with Crippen molar-refractivity contribution in [3.05, 3.63) is 29.3 Å².